The van der Waals surface area contributed by atoms with Crippen molar-refractivity contribution in [1.29, 1.82) is 0 Å². The first-order valence-corrected chi connectivity index (χ1v) is 8.28. The van der Waals surface area contributed by atoms with Gasteiger partial charge < -0.3 is 16.0 Å². The third-order valence-corrected chi connectivity index (χ3v) is 4.76. The molecule has 4 nitrogen and oxygen atoms in total. The molecule has 4 heteroatoms. The summed E-state index contributed by atoms with van der Waals surface area (Å²) in [6.07, 6.45) is 8.44. The zero-order valence-electron chi connectivity index (χ0n) is 13.5. The van der Waals surface area contributed by atoms with Crippen LogP contribution in [0.4, 0.5) is 0 Å². The number of nitrogens with one attached hydrogen (secondary N) is 1. The fourth-order valence-electron chi connectivity index (χ4n) is 2.91. The van der Waals surface area contributed by atoms with Gasteiger partial charge in [-0.3, -0.25) is 4.79 Å². The van der Waals surface area contributed by atoms with Crippen LogP contribution in [0.1, 0.15) is 58.8 Å². The van der Waals surface area contributed by atoms with Gasteiger partial charge in [-0.25, -0.2) is 0 Å². The summed E-state index contributed by atoms with van der Waals surface area (Å²) in [6.45, 7) is 5.96. The van der Waals surface area contributed by atoms with Crippen molar-refractivity contribution in [3.05, 3.63) is 0 Å². The van der Waals surface area contributed by atoms with Gasteiger partial charge in [0.2, 0.25) is 5.91 Å². The van der Waals surface area contributed by atoms with Crippen LogP contribution >= 0.6 is 0 Å². The van der Waals surface area contributed by atoms with Crippen molar-refractivity contribution in [2.45, 2.75) is 70.9 Å². The fraction of sp³-hybridized carbons (Fsp3) is 0.938. The maximum atomic E-state index is 12.0. The number of nitrogens with zero attached hydrogens (tertiary/aromatic N) is 1. The van der Waals surface area contributed by atoms with Crippen molar-refractivity contribution in [1.82, 2.24) is 10.2 Å². The minimum atomic E-state index is -0.327. The van der Waals surface area contributed by atoms with E-state index in [9.17, 15) is 4.79 Å². The molecule has 0 aromatic heterocycles. The quantitative estimate of drug-likeness (QED) is 0.717. The van der Waals surface area contributed by atoms with Crippen molar-refractivity contribution in [2.75, 3.05) is 20.1 Å². The lowest BCUT2D eigenvalue weighted by Gasteiger charge is -2.25. The second-order valence-electron chi connectivity index (χ2n) is 6.38. The van der Waals surface area contributed by atoms with Gasteiger partial charge >= 0.3 is 0 Å². The Morgan fingerprint density at radius 2 is 2.00 bits per heavy atom. The molecule has 0 aromatic carbocycles. The lowest BCUT2D eigenvalue weighted by molar-refractivity contribution is -0.122. The predicted molar refractivity (Wildman–Crippen MR) is 84.6 cm³/mol. The van der Waals surface area contributed by atoms with E-state index in [-0.39, 0.29) is 11.9 Å². The van der Waals surface area contributed by atoms with E-state index in [4.69, 9.17) is 5.73 Å². The van der Waals surface area contributed by atoms with E-state index in [0.29, 0.717) is 18.5 Å². The number of carbonyl (C=O) groups is 1. The minimum absolute atomic E-state index is 0.0214. The number of amides is 1. The highest BCUT2D eigenvalue weighted by Crippen LogP contribution is 2.26. The summed E-state index contributed by atoms with van der Waals surface area (Å²) in [5, 5.41) is 2.98. The molecule has 1 fully saturated rings. The molecule has 1 amide bonds. The number of nitrogens with two attached hydrogens (primary N) is 1. The van der Waals surface area contributed by atoms with Crippen LogP contribution in [-0.4, -0.2) is 43.0 Å². The van der Waals surface area contributed by atoms with Crippen LogP contribution in [-0.2, 0) is 4.79 Å². The van der Waals surface area contributed by atoms with E-state index in [1.54, 1.807) is 0 Å². The molecule has 2 unspecified atom stereocenters. The molecular formula is C16H33N3O. The summed E-state index contributed by atoms with van der Waals surface area (Å²) in [5.74, 6) is 0.681. The number of rotatable bonds is 8. The smallest absolute Gasteiger partial charge is 0.236 e. The molecule has 1 saturated carbocycles. The lowest BCUT2D eigenvalue weighted by atomic mass is 9.85. The summed E-state index contributed by atoms with van der Waals surface area (Å²) in [7, 11) is 2.10. The zero-order chi connectivity index (χ0) is 15.0. The fourth-order valence-corrected chi connectivity index (χ4v) is 2.91. The first kappa shape index (κ1) is 17.4. The van der Waals surface area contributed by atoms with Gasteiger partial charge in [0.25, 0.3) is 0 Å². The highest BCUT2D eigenvalue weighted by atomic mass is 16.2. The third-order valence-electron chi connectivity index (χ3n) is 4.76. The van der Waals surface area contributed by atoms with Gasteiger partial charge in [0.15, 0.2) is 0 Å². The van der Waals surface area contributed by atoms with E-state index in [1.807, 2.05) is 0 Å². The van der Waals surface area contributed by atoms with Gasteiger partial charge in [-0.1, -0.05) is 39.0 Å². The predicted octanol–water partition coefficient (Wildman–Crippen LogP) is 2.13. The third kappa shape index (κ3) is 6.23. The van der Waals surface area contributed by atoms with Crippen LogP contribution in [0.2, 0.25) is 0 Å². The van der Waals surface area contributed by atoms with E-state index >= 15 is 0 Å². The van der Waals surface area contributed by atoms with Crippen molar-refractivity contribution < 1.29 is 4.79 Å². The van der Waals surface area contributed by atoms with Crippen molar-refractivity contribution >= 4 is 5.91 Å². The Hall–Kier alpha value is -0.610. The first-order chi connectivity index (χ1) is 9.54. The molecule has 1 rings (SSSR count). The molecule has 0 aliphatic heterocycles. The van der Waals surface area contributed by atoms with Crippen LogP contribution in [0, 0.1) is 5.92 Å². The second kappa shape index (κ2) is 9.35. The highest BCUT2D eigenvalue weighted by molar-refractivity contribution is 5.81. The van der Waals surface area contributed by atoms with E-state index in [0.717, 1.165) is 19.4 Å². The summed E-state index contributed by atoms with van der Waals surface area (Å²) < 4.78 is 0. The van der Waals surface area contributed by atoms with Crippen LogP contribution in [0.15, 0.2) is 0 Å². The Labute approximate surface area is 124 Å². The Morgan fingerprint density at radius 3 is 2.60 bits per heavy atom. The number of hydrogen-bond donors (Lipinski definition) is 2. The van der Waals surface area contributed by atoms with Gasteiger partial charge in [0.05, 0.1) is 6.04 Å². The molecule has 20 heavy (non-hydrogen) atoms. The second-order valence-corrected chi connectivity index (χ2v) is 6.38. The van der Waals surface area contributed by atoms with Crippen LogP contribution in [0.5, 0.6) is 0 Å². The van der Waals surface area contributed by atoms with E-state index in [1.165, 1.54) is 32.1 Å². The van der Waals surface area contributed by atoms with Crippen LogP contribution in [0.25, 0.3) is 0 Å². The average Bonchev–Trinajstić information content (AvgIpc) is 2.47. The number of hydrogen-bond acceptors (Lipinski definition) is 3. The molecule has 0 radical (unpaired) electrons. The van der Waals surface area contributed by atoms with Crippen molar-refractivity contribution in [2.24, 2.45) is 11.7 Å². The Bertz CT molecular complexity index is 277. The molecule has 2 atom stereocenters. The Kier molecular flexibility index (Phi) is 8.15. The molecule has 0 spiro atoms. The van der Waals surface area contributed by atoms with Gasteiger partial charge in [-0.15, -0.1) is 0 Å². The SMILES string of the molecule is CCC(C)N(C)CCNC(=O)C(N)CC1CCCCC1. The van der Waals surface area contributed by atoms with Crippen LogP contribution in [0.3, 0.4) is 0 Å². The maximum absolute atomic E-state index is 12.0. The zero-order valence-corrected chi connectivity index (χ0v) is 13.5. The summed E-state index contributed by atoms with van der Waals surface area (Å²) in [5.41, 5.74) is 6.03. The average molecular weight is 283 g/mol. The molecule has 1 aliphatic rings. The van der Waals surface area contributed by atoms with Gasteiger partial charge in [0, 0.05) is 19.1 Å². The molecule has 0 aromatic rings. The van der Waals surface area contributed by atoms with E-state index in [2.05, 4.69) is 31.1 Å². The molecule has 0 heterocycles. The monoisotopic (exact) mass is 283 g/mol. The van der Waals surface area contributed by atoms with Gasteiger partial charge in [-0.2, -0.15) is 0 Å². The lowest BCUT2D eigenvalue weighted by Crippen LogP contribution is -2.45. The Balaban J connectivity index is 2.17. The largest absolute Gasteiger partial charge is 0.353 e. The molecule has 0 saturated heterocycles. The standard InChI is InChI=1S/C16H33N3O/c1-4-13(2)19(3)11-10-18-16(20)15(17)12-14-8-6-5-7-9-14/h13-15H,4-12,17H2,1-3H3,(H,18,20). The van der Waals surface area contributed by atoms with Gasteiger partial charge in [0.1, 0.15) is 0 Å². The number of carbonyl (C=O) groups excluding carboxylic acids is 1. The molecular weight excluding hydrogens is 250 g/mol. The first-order valence-electron chi connectivity index (χ1n) is 8.28. The molecule has 3 N–H and O–H groups in total. The highest BCUT2D eigenvalue weighted by Gasteiger charge is 2.21. The van der Waals surface area contributed by atoms with E-state index < -0.39 is 0 Å². The summed E-state index contributed by atoms with van der Waals surface area (Å²) in [6, 6.07) is 0.231. The number of likely N-dealkylation sites (N-methyl/N-ethyl adjacent to an activating group) is 1. The topological polar surface area (TPSA) is 58.4 Å². The molecule has 1 aliphatic carbocycles. The van der Waals surface area contributed by atoms with Gasteiger partial charge in [-0.05, 0) is 32.7 Å². The van der Waals surface area contributed by atoms with Crippen molar-refractivity contribution in [3.63, 3.8) is 0 Å². The molecule has 118 valence electrons. The van der Waals surface area contributed by atoms with Crippen molar-refractivity contribution in [3.8, 4) is 0 Å². The molecule has 0 bridgehead atoms. The Morgan fingerprint density at radius 1 is 1.35 bits per heavy atom. The van der Waals surface area contributed by atoms with Crippen LogP contribution < -0.4 is 11.1 Å². The summed E-state index contributed by atoms with van der Waals surface area (Å²) >= 11 is 0. The normalized spacial score (nSPS) is 19.9. The maximum Gasteiger partial charge on any atom is 0.236 e. The summed E-state index contributed by atoms with van der Waals surface area (Å²) in [4.78, 5) is 14.3. The minimum Gasteiger partial charge on any atom is -0.353 e.